The zero-order valence-corrected chi connectivity index (χ0v) is 12.5. The minimum Gasteiger partial charge on any atom is -0.393 e. The number of hydrogen-bond donors (Lipinski definition) is 3. The lowest BCUT2D eigenvalue weighted by molar-refractivity contribution is -0.123. The van der Waals surface area contributed by atoms with Gasteiger partial charge < -0.3 is 16.2 Å². The van der Waals surface area contributed by atoms with Crippen molar-refractivity contribution in [3.05, 3.63) is 30.1 Å². The number of aliphatic hydroxyl groups is 1. The average molecular weight is 317 g/mol. The summed E-state index contributed by atoms with van der Waals surface area (Å²) in [6.45, 7) is -0.0268. The molecule has 0 bridgehead atoms. The predicted molar refractivity (Wildman–Crippen MR) is 80.8 cm³/mol. The lowest BCUT2D eigenvalue weighted by Crippen LogP contribution is -2.49. The van der Waals surface area contributed by atoms with Crippen LogP contribution in [0.25, 0.3) is 0 Å². The molecule has 3 rings (SSSR count). The summed E-state index contributed by atoms with van der Waals surface area (Å²) in [6, 6.07) is 3.80. The number of nitrogen functional groups attached to an aromatic ring is 1. The Bertz CT molecular complexity index is 654. The first-order chi connectivity index (χ1) is 11.1. The summed E-state index contributed by atoms with van der Waals surface area (Å²) in [5, 5.41) is 23.2. The molecule has 0 unspecified atom stereocenters. The van der Waals surface area contributed by atoms with Crippen molar-refractivity contribution in [2.75, 3.05) is 5.73 Å². The largest absolute Gasteiger partial charge is 0.393 e. The minimum atomic E-state index is -0.271. The first kappa shape index (κ1) is 15.3. The fraction of sp³-hybridized carbons (Fsp3) is 0.500. The number of nitrogens with one attached hydrogen (secondary N) is 1. The Kier molecular flexibility index (Phi) is 4.47. The number of aromatic nitrogens is 5. The van der Waals surface area contributed by atoms with Gasteiger partial charge in [0.2, 0.25) is 11.9 Å². The Balaban J connectivity index is 1.63. The van der Waals surface area contributed by atoms with Crippen molar-refractivity contribution >= 4 is 11.9 Å². The number of nitrogens with zero attached hydrogens (tertiary/aromatic N) is 5. The third-order valence-corrected chi connectivity index (χ3v) is 4.12. The van der Waals surface area contributed by atoms with E-state index >= 15 is 0 Å². The van der Waals surface area contributed by atoms with Gasteiger partial charge in [-0.2, -0.15) is 0 Å². The lowest BCUT2D eigenvalue weighted by atomic mass is 9.75. The number of amides is 1. The van der Waals surface area contributed by atoms with Crippen LogP contribution in [0.1, 0.15) is 18.4 Å². The van der Waals surface area contributed by atoms with Gasteiger partial charge in [0.15, 0.2) is 0 Å². The van der Waals surface area contributed by atoms with Gasteiger partial charge in [-0.1, -0.05) is 5.10 Å². The Morgan fingerprint density at radius 3 is 2.78 bits per heavy atom. The molecule has 0 aliphatic heterocycles. The number of pyridine rings is 1. The average Bonchev–Trinajstić information content (AvgIpc) is 2.89. The van der Waals surface area contributed by atoms with Gasteiger partial charge in [-0.3, -0.25) is 9.78 Å². The van der Waals surface area contributed by atoms with Crippen molar-refractivity contribution in [2.24, 2.45) is 5.92 Å². The zero-order valence-electron chi connectivity index (χ0n) is 12.5. The molecule has 1 fully saturated rings. The number of anilines is 1. The van der Waals surface area contributed by atoms with E-state index in [1.807, 2.05) is 12.1 Å². The van der Waals surface area contributed by atoms with Crippen molar-refractivity contribution in [1.82, 2.24) is 30.5 Å². The topological polar surface area (TPSA) is 132 Å². The van der Waals surface area contributed by atoms with Crippen LogP contribution in [0.5, 0.6) is 0 Å². The Morgan fingerprint density at radius 2 is 2.17 bits per heavy atom. The molecule has 0 aromatic carbocycles. The van der Waals surface area contributed by atoms with Gasteiger partial charge in [0.25, 0.3) is 0 Å². The molecule has 0 saturated heterocycles. The van der Waals surface area contributed by atoms with Gasteiger partial charge in [0.1, 0.15) is 6.54 Å². The maximum Gasteiger partial charge on any atom is 0.242 e. The van der Waals surface area contributed by atoms with Gasteiger partial charge >= 0.3 is 0 Å². The van der Waals surface area contributed by atoms with E-state index in [1.165, 1.54) is 4.68 Å². The van der Waals surface area contributed by atoms with E-state index in [0.29, 0.717) is 19.3 Å². The van der Waals surface area contributed by atoms with E-state index in [1.54, 1.807) is 12.4 Å². The molecule has 1 aliphatic rings. The zero-order chi connectivity index (χ0) is 16.2. The number of aliphatic hydroxyl groups excluding tert-OH is 1. The summed E-state index contributed by atoms with van der Waals surface area (Å²) < 4.78 is 1.24. The molecule has 122 valence electrons. The van der Waals surface area contributed by atoms with Gasteiger partial charge in [0, 0.05) is 18.4 Å². The van der Waals surface area contributed by atoms with E-state index in [4.69, 9.17) is 5.73 Å². The van der Waals surface area contributed by atoms with Crippen LogP contribution in [-0.4, -0.2) is 48.4 Å². The quantitative estimate of drug-likeness (QED) is 0.632. The molecule has 9 heteroatoms. The van der Waals surface area contributed by atoms with Crippen molar-refractivity contribution in [3.63, 3.8) is 0 Å². The third-order valence-electron chi connectivity index (χ3n) is 4.12. The highest BCUT2D eigenvalue weighted by molar-refractivity contribution is 5.76. The van der Waals surface area contributed by atoms with Gasteiger partial charge in [0.05, 0.1) is 6.10 Å². The summed E-state index contributed by atoms with van der Waals surface area (Å²) in [6.07, 6.45) is 5.27. The summed E-state index contributed by atoms with van der Waals surface area (Å²) in [7, 11) is 0. The highest BCUT2D eigenvalue weighted by Crippen LogP contribution is 2.31. The molecular weight excluding hydrogens is 298 g/mol. The monoisotopic (exact) mass is 317 g/mol. The van der Waals surface area contributed by atoms with Gasteiger partial charge in [-0.05, 0) is 53.3 Å². The Labute approximate surface area is 132 Å². The van der Waals surface area contributed by atoms with Crippen molar-refractivity contribution in [1.29, 1.82) is 0 Å². The van der Waals surface area contributed by atoms with Crippen molar-refractivity contribution < 1.29 is 9.90 Å². The first-order valence-electron chi connectivity index (χ1n) is 7.50. The van der Waals surface area contributed by atoms with Crippen molar-refractivity contribution in [2.45, 2.75) is 38.0 Å². The number of hydrogen-bond acceptors (Lipinski definition) is 7. The van der Waals surface area contributed by atoms with Crippen LogP contribution in [0, 0.1) is 5.92 Å². The summed E-state index contributed by atoms with van der Waals surface area (Å²) in [4.78, 5) is 16.2. The van der Waals surface area contributed by atoms with Crippen LogP contribution < -0.4 is 11.1 Å². The molecule has 4 N–H and O–H groups in total. The predicted octanol–water partition coefficient (Wildman–Crippen LogP) is -0.851. The van der Waals surface area contributed by atoms with E-state index < -0.39 is 0 Å². The summed E-state index contributed by atoms with van der Waals surface area (Å²) >= 11 is 0. The third kappa shape index (κ3) is 3.81. The highest BCUT2D eigenvalue weighted by Gasteiger charge is 2.34. The number of carbonyl (C=O) groups is 1. The molecule has 2 heterocycles. The van der Waals surface area contributed by atoms with Gasteiger partial charge in [-0.25, -0.2) is 4.68 Å². The number of rotatable bonds is 6. The molecular formula is C14H19N7O2. The SMILES string of the molecule is Nc1nnnn1CC(=O)N[C@@H](Cc1ccncc1)C1CC(O)C1. The Morgan fingerprint density at radius 1 is 1.43 bits per heavy atom. The normalized spacial score (nSPS) is 21.4. The fourth-order valence-electron chi connectivity index (χ4n) is 2.78. The van der Waals surface area contributed by atoms with Crippen LogP contribution >= 0.6 is 0 Å². The molecule has 1 aliphatic carbocycles. The lowest BCUT2D eigenvalue weighted by Gasteiger charge is -2.38. The van der Waals surface area contributed by atoms with Gasteiger partial charge in [-0.15, -0.1) is 0 Å². The number of nitrogens with two attached hydrogens (primary N) is 1. The standard InChI is InChI=1S/C14H19N7O2/c15-14-18-19-20-21(14)8-13(23)17-12(10-6-11(22)7-10)5-9-1-3-16-4-2-9/h1-4,10-12,22H,5-8H2,(H,17,23)(H2,15,18,20)/t10?,11?,12-/m0/s1. The van der Waals surface area contributed by atoms with E-state index in [0.717, 1.165) is 5.56 Å². The maximum absolute atomic E-state index is 12.2. The molecule has 0 spiro atoms. The molecule has 9 nitrogen and oxygen atoms in total. The summed E-state index contributed by atoms with van der Waals surface area (Å²) in [5.41, 5.74) is 6.66. The fourth-order valence-corrected chi connectivity index (χ4v) is 2.78. The van der Waals surface area contributed by atoms with E-state index in [-0.39, 0.29) is 36.5 Å². The first-order valence-corrected chi connectivity index (χ1v) is 7.50. The van der Waals surface area contributed by atoms with Crippen LogP contribution in [0.15, 0.2) is 24.5 Å². The van der Waals surface area contributed by atoms with Crippen LogP contribution in [0.3, 0.4) is 0 Å². The number of tetrazole rings is 1. The molecule has 2 aromatic rings. The second-order valence-electron chi connectivity index (χ2n) is 5.81. The summed E-state index contributed by atoms with van der Waals surface area (Å²) in [5.74, 6) is 0.155. The molecule has 2 aromatic heterocycles. The highest BCUT2D eigenvalue weighted by atomic mass is 16.3. The van der Waals surface area contributed by atoms with Crippen LogP contribution in [-0.2, 0) is 17.8 Å². The molecule has 1 amide bonds. The smallest absolute Gasteiger partial charge is 0.242 e. The molecule has 23 heavy (non-hydrogen) atoms. The maximum atomic E-state index is 12.2. The second-order valence-corrected chi connectivity index (χ2v) is 5.81. The number of carbonyl (C=O) groups excluding carboxylic acids is 1. The van der Waals surface area contributed by atoms with Crippen LogP contribution in [0.2, 0.25) is 0 Å². The second kappa shape index (κ2) is 6.69. The molecule has 1 atom stereocenters. The Hall–Kier alpha value is -2.55. The van der Waals surface area contributed by atoms with Crippen LogP contribution in [0.4, 0.5) is 5.95 Å². The van der Waals surface area contributed by atoms with E-state index in [2.05, 4.69) is 25.8 Å². The van der Waals surface area contributed by atoms with Crippen molar-refractivity contribution in [3.8, 4) is 0 Å². The molecule has 0 radical (unpaired) electrons. The molecule has 1 saturated carbocycles. The van der Waals surface area contributed by atoms with E-state index in [9.17, 15) is 9.90 Å². The minimum absolute atomic E-state index is 0.0268.